The molecule has 0 aliphatic heterocycles. The highest BCUT2D eigenvalue weighted by Gasteiger charge is 2.52. The van der Waals surface area contributed by atoms with Crippen LogP contribution in [0.2, 0.25) is 0 Å². The van der Waals surface area contributed by atoms with E-state index in [1.54, 1.807) is 6.08 Å². The SMILES string of the molecule is CC1=C(/C=C/C(C)=C/C=C\C(C)=C/C=C/C=C(C)/C=C/C=C(C)/C=C/C(=O)[C@@]2(C)C[C@H](O)CC2(C)C)C(C)(C)C[C@@H](O)C1. The number of allylic oxidation sites excluding steroid dienone is 19. The van der Waals surface area contributed by atoms with E-state index in [4.69, 9.17) is 0 Å². The molecule has 234 valence electrons. The Morgan fingerprint density at radius 3 is 1.63 bits per heavy atom. The van der Waals surface area contributed by atoms with Gasteiger partial charge in [0.1, 0.15) is 0 Å². The van der Waals surface area contributed by atoms with Crippen LogP contribution >= 0.6 is 0 Å². The highest BCUT2D eigenvalue weighted by molar-refractivity contribution is 5.95. The van der Waals surface area contributed by atoms with E-state index in [2.05, 4.69) is 97.9 Å². The molecule has 1 fully saturated rings. The third-order valence-electron chi connectivity index (χ3n) is 9.18. The first kappa shape index (κ1) is 36.2. The molecule has 0 aromatic heterocycles. The van der Waals surface area contributed by atoms with Crippen molar-refractivity contribution in [2.75, 3.05) is 0 Å². The van der Waals surface area contributed by atoms with Crippen LogP contribution < -0.4 is 0 Å². The van der Waals surface area contributed by atoms with Gasteiger partial charge in [-0.2, -0.15) is 0 Å². The molecule has 0 radical (unpaired) electrons. The summed E-state index contributed by atoms with van der Waals surface area (Å²) in [6, 6.07) is 0. The van der Waals surface area contributed by atoms with E-state index in [0.29, 0.717) is 12.8 Å². The predicted octanol–water partition coefficient (Wildman–Crippen LogP) is 9.81. The van der Waals surface area contributed by atoms with Crippen molar-refractivity contribution in [3.8, 4) is 0 Å². The zero-order valence-corrected chi connectivity index (χ0v) is 28.4. The van der Waals surface area contributed by atoms with Crippen molar-refractivity contribution in [1.82, 2.24) is 0 Å². The summed E-state index contributed by atoms with van der Waals surface area (Å²) >= 11 is 0. The molecule has 2 aliphatic rings. The lowest BCUT2D eigenvalue weighted by Crippen LogP contribution is -2.36. The van der Waals surface area contributed by atoms with Crippen LogP contribution in [0.4, 0.5) is 0 Å². The maximum Gasteiger partial charge on any atom is 0.162 e. The lowest BCUT2D eigenvalue weighted by atomic mass is 9.66. The predicted molar refractivity (Wildman–Crippen MR) is 185 cm³/mol. The van der Waals surface area contributed by atoms with Crippen LogP contribution in [0, 0.1) is 16.2 Å². The minimum absolute atomic E-state index is 0.00528. The van der Waals surface area contributed by atoms with E-state index < -0.39 is 11.5 Å². The van der Waals surface area contributed by atoms with Crippen LogP contribution in [-0.4, -0.2) is 28.2 Å². The van der Waals surface area contributed by atoms with E-state index in [0.717, 1.165) is 29.6 Å². The van der Waals surface area contributed by atoms with E-state index in [1.807, 2.05) is 50.3 Å². The summed E-state index contributed by atoms with van der Waals surface area (Å²) in [6.07, 6.45) is 30.6. The summed E-state index contributed by atoms with van der Waals surface area (Å²) in [5.41, 5.74) is 6.34. The zero-order valence-electron chi connectivity index (χ0n) is 28.4. The first-order chi connectivity index (χ1) is 20.0. The molecule has 3 nitrogen and oxygen atoms in total. The molecular weight excluding hydrogens is 528 g/mol. The van der Waals surface area contributed by atoms with Gasteiger partial charge < -0.3 is 10.2 Å². The molecule has 1 saturated carbocycles. The standard InChI is InChI=1S/C40H56O3/c1-29(17-13-19-31(3)21-23-36-33(5)25-34(41)26-38(36,6)7)15-11-12-16-30(2)18-14-20-32(4)22-24-37(43)40(10)28-35(42)27-39(40,8)9/h11-24,34-35,41-42H,25-28H2,1-10H3/b12-11+,17-13-,18-14+,23-21+,24-22+,29-15-,30-16+,31-19+,32-20+/t34-,35+,40+/m0/s1. The van der Waals surface area contributed by atoms with E-state index >= 15 is 0 Å². The van der Waals surface area contributed by atoms with E-state index in [1.165, 1.54) is 16.7 Å². The molecule has 3 heteroatoms. The first-order valence-electron chi connectivity index (χ1n) is 15.7. The fraction of sp³-hybridized carbons (Fsp3) is 0.475. The fourth-order valence-electron chi connectivity index (χ4n) is 6.19. The summed E-state index contributed by atoms with van der Waals surface area (Å²) in [5.74, 6) is 0.0853. The average molecular weight is 585 g/mol. The minimum Gasteiger partial charge on any atom is -0.393 e. The third-order valence-corrected chi connectivity index (χ3v) is 9.18. The Kier molecular flexibility index (Phi) is 13.2. The normalized spacial score (nSPS) is 27.7. The molecule has 0 spiro atoms. The molecule has 43 heavy (non-hydrogen) atoms. The molecule has 2 aliphatic carbocycles. The van der Waals surface area contributed by atoms with E-state index in [-0.39, 0.29) is 22.7 Å². The van der Waals surface area contributed by atoms with Gasteiger partial charge in [0.15, 0.2) is 5.78 Å². The molecule has 0 heterocycles. The molecule has 0 amide bonds. The van der Waals surface area contributed by atoms with Gasteiger partial charge in [-0.3, -0.25) is 4.79 Å². The minimum atomic E-state index is -0.532. The highest BCUT2D eigenvalue weighted by atomic mass is 16.3. The maximum atomic E-state index is 12.9. The van der Waals surface area contributed by atoms with Crippen molar-refractivity contribution in [2.45, 2.75) is 107 Å². The number of rotatable bonds is 11. The Morgan fingerprint density at radius 2 is 1.14 bits per heavy atom. The van der Waals surface area contributed by atoms with Crippen molar-refractivity contribution in [3.05, 3.63) is 119 Å². The number of carbonyl (C=O) groups is 1. The number of hydrogen-bond donors (Lipinski definition) is 2. The second-order valence-electron chi connectivity index (χ2n) is 14.2. The summed E-state index contributed by atoms with van der Waals surface area (Å²) < 4.78 is 0. The number of carbonyl (C=O) groups excluding carboxylic acids is 1. The lowest BCUT2D eigenvalue weighted by Gasteiger charge is -2.35. The smallest absolute Gasteiger partial charge is 0.162 e. The van der Waals surface area contributed by atoms with Gasteiger partial charge in [0, 0.05) is 5.41 Å². The zero-order chi connectivity index (χ0) is 32.4. The number of aliphatic hydroxyl groups excluding tert-OH is 2. The van der Waals surface area contributed by atoms with Crippen LogP contribution in [0.15, 0.2) is 119 Å². The topological polar surface area (TPSA) is 57.5 Å². The van der Waals surface area contributed by atoms with Crippen LogP contribution in [-0.2, 0) is 4.79 Å². The van der Waals surface area contributed by atoms with Gasteiger partial charge in [0.05, 0.1) is 12.2 Å². The van der Waals surface area contributed by atoms with Gasteiger partial charge in [0.2, 0.25) is 0 Å². The van der Waals surface area contributed by atoms with Gasteiger partial charge in [-0.05, 0) is 82.8 Å². The number of ketones is 1. The Bertz CT molecular complexity index is 1310. The molecular formula is C40H56O3. The Labute approximate surface area is 262 Å². The molecule has 0 unspecified atom stereocenters. The summed E-state index contributed by atoms with van der Waals surface area (Å²) in [4.78, 5) is 12.9. The molecule has 0 saturated heterocycles. The molecule has 0 aromatic rings. The average Bonchev–Trinajstić information content (AvgIpc) is 3.10. The molecule has 3 atom stereocenters. The lowest BCUT2D eigenvalue weighted by molar-refractivity contribution is -0.127. The van der Waals surface area contributed by atoms with Crippen molar-refractivity contribution in [1.29, 1.82) is 0 Å². The van der Waals surface area contributed by atoms with Gasteiger partial charge in [-0.25, -0.2) is 0 Å². The largest absolute Gasteiger partial charge is 0.393 e. The summed E-state index contributed by atoms with van der Waals surface area (Å²) in [7, 11) is 0. The van der Waals surface area contributed by atoms with Crippen LogP contribution in [0.1, 0.15) is 94.9 Å². The Morgan fingerprint density at radius 1 is 0.651 bits per heavy atom. The molecule has 0 bridgehead atoms. The van der Waals surface area contributed by atoms with Crippen LogP contribution in [0.3, 0.4) is 0 Å². The Hall–Kier alpha value is -3.01. The second kappa shape index (κ2) is 15.6. The van der Waals surface area contributed by atoms with Gasteiger partial charge in [-0.1, -0.05) is 141 Å². The van der Waals surface area contributed by atoms with Gasteiger partial charge in [0.25, 0.3) is 0 Å². The number of aliphatic hydroxyl groups is 2. The quantitative estimate of drug-likeness (QED) is 0.188. The summed E-state index contributed by atoms with van der Waals surface area (Å²) in [5, 5.41) is 20.2. The highest BCUT2D eigenvalue weighted by Crippen LogP contribution is 2.53. The van der Waals surface area contributed by atoms with Crippen LogP contribution in [0.5, 0.6) is 0 Å². The van der Waals surface area contributed by atoms with Crippen molar-refractivity contribution in [2.24, 2.45) is 16.2 Å². The van der Waals surface area contributed by atoms with E-state index in [9.17, 15) is 15.0 Å². The monoisotopic (exact) mass is 584 g/mol. The van der Waals surface area contributed by atoms with Gasteiger partial charge >= 0.3 is 0 Å². The first-order valence-corrected chi connectivity index (χ1v) is 15.7. The maximum absolute atomic E-state index is 12.9. The Balaban J connectivity index is 1.89. The van der Waals surface area contributed by atoms with Crippen LogP contribution in [0.25, 0.3) is 0 Å². The second-order valence-corrected chi connectivity index (χ2v) is 14.2. The molecule has 2 N–H and O–H groups in total. The number of hydrogen-bond acceptors (Lipinski definition) is 3. The van der Waals surface area contributed by atoms with Crippen molar-refractivity contribution < 1.29 is 15.0 Å². The van der Waals surface area contributed by atoms with Crippen molar-refractivity contribution >= 4 is 5.78 Å². The molecule has 0 aromatic carbocycles. The molecule has 2 rings (SSSR count). The van der Waals surface area contributed by atoms with Gasteiger partial charge in [-0.15, -0.1) is 0 Å². The fourth-order valence-corrected chi connectivity index (χ4v) is 6.19. The summed E-state index contributed by atoms with van der Waals surface area (Å²) in [6.45, 7) is 20.9. The van der Waals surface area contributed by atoms with Crippen molar-refractivity contribution in [3.63, 3.8) is 0 Å². The third kappa shape index (κ3) is 10.9.